The Hall–Kier alpha value is -0.610. The van der Waals surface area contributed by atoms with Crippen molar-refractivity contribution in [3.05, 3.63) is 0 Å². The predicted molar refractivity (Wildman–Crippen MR) is 57.6 cm³/mol. The highest BCUT2D eigenvalue weighted by molar-refractivity contribution is 5.82. The molecule has 1 saturated heterocycles. The lowest BCUT2D eigenvalue weighted by atomic mass is 10.0. The lowest BCUT2D eigenvalue weighted by Gasteiger charge is -2.36. The quantitative estimate of drug-likeness (QED) is 0.520. The highest BCUT2D eigenvalue weighted by Crippen LogP contribution is 2.16. The summed E-state index contributed by atoms with van der Waals surface area (Å²) in [5, 5.41) is 7.51. The number of hydrogen-bond donors (Lipinski definition) is 2. The van der Waals surface area contributed by atoms with Gasteiger partial charge in [-0.25, -0.2) is 0 Å². The van der Waals surface area contributed by atoms with E-state index in [1.54, 1.807) is 0 Å². The molecule has 0 radical (unpaired) electrons. The van der Waals surface area contributed by atoms with Crippen molar-refractivity contribution in [1.29, 1.82) is 5.41 Å². The van der Waals surface area contributed by atoms with Crippen LogP contribution in [0.25, 0.3) is 0 Å². The standard InChI is InChI=1S/C10H21N3O/c1-3-9(10(11)12)13(2)8-4-6-14-7-5-8/h8-9H,3-7H2,1-2H3,(H3,11,12). The molecule has 0 aliphatic carbocycles. The van der Waals surface area contributed by atoms with E-state index in [-0.39, 0.29) is 11.9 Å². The van der Waals surface area contributed by atoms with Crippen molar-refractivity contribution in [2.45, 2.75) is 38.3 Å². The van der Waals surface area contributed by atoms with Crippen molar-refractivity contribution in [3.63, 3.8) is 0 Å². The van der Waals surface area contributed by atoms with Gasteiger partial charge < -0.3 is 10.5 Å². The Balaban J connectivity index is 2.51. The van der Waals surface area contributed by atoms with Crippen molar-refractivity contribution in [2.75, 3.05) is 20.3 Å². The molecule has 1 rings (SSSR count). The monoisotopic (exact) mass is 199 g/mol. The molecule has 0 spiro atoms. The Kier molecular flexibility index (Phi) is 4.35. The number of nitrogens with one attached hydrogen (secondary N) is 1. The Labute approximate surface area is 85.9 Å². The molecule has 1 unspecified atom stereocenters. The van der Waals surface area contributed by atoms with Gasteiger partial charge in [0.2, 0.25) is 0 Å². The van der Waals surface area contributed by atoms with Crippen LogP contribution in [0.2, 0.25) is 0 Å². The number of nitrogens with two attached hydrogens (primary N) is 1. The van der Waals surface area contributed by atoms with Gasteiger partial charge in [-0.05, 0) is 26.3 Å². The second kappa shape index (κ2) is 5.32. The van der Waals surface area contributed by atoms with E-state index >= 15 is 0 Å². The van der Waals surface area contributed by atoms with Gasteiger partial charge >= 0.3 is 0 Å². The van der Waals surface area contributed by atoms with Gasteiger partial charge in [-0.3, -0.25) is 10.3 Å². The topological polar surface area (TPSA) is 62.3 Å². The zero-order valence-corrected chi connectivity index (χ0v) is 9.12. The fraction of sp³-hybridized carbons (Fsp3) is 0.900. The Morgan fingerprint density at radius 1 is 1.57 bits per heavy atom. The summed E-state index contributed by atoms with van der Waals surface area (Å²) in [5.41, 5.74) is 5.57. The maximum Gasteiger partial charge on any atom is 0.108 e. The Morgan fingerprint density at radius 2 is 2.14 bits per heavy atom. The van der Waals surface area contributed by atoms with Gasteiger partial charge in [0.1, 0.15) is 5.84 Å². The first-order valence-corrected chi connectivity index (χ1v) is 5.30. The minimum Gasteiger partial charge on any atom is -0.386 e. The summed E-state index contributed by atoms with van der Waals surface area (Å²) >= 11 is 0. The number of likely N-dealkylation sites (N-methyl/N-ethyl adjacent to an activating group) is 1. The molecule has 0 aromatic rings. The number of nitrogens with zero attached hydrogens (tertiary/aromatic N) is 1. The largest absolute Gasteiger partial charge is 0.386 e. The van der Waals surface area contributed by atoms with E-state index in [1.165, 1.54) is 0 Å². The third-order valence-corrected chi connectivity index (χ3v) is 3.00. The van der Waals surface area contributed by atoms with Crippen molar-refractivity contribution < 1.29 is 4.74 Å². The molecule has 1 aliphatic rings. The van der Waals surface area contributed by atoms with Crippen LogP contribution in [0.4, 0.5) is 0 Å². The smallest absolute Gasteiger partial charge is 0.108 e. The Bertz CT molecular complexity index is 190. The highest BCUT2D eigenvalue weighted by Gasteiger charge is 2.25. The SMILES string of the molecule is CCC(C(=N)N)N(C)C1CCOCC1. The molecule has 0 amide bonds. The van der Waals surface area contributed by atoms with Gasteiger partial charge in [0, 0.05) is 19.3 Å². The van der Waals surface area contributed by atoms with E-state index in [1.807, 2.05) is 0 Å². The van der Waals surface area contributed by atoms with Crippen LogP contribution in [0.5, 0.6) is 0 Å². The second-order valence-electron chi connectivity index (χ2n) is 3.89. The van der Waals surface area contributed by atoms with Crippen molar-refractivity contribution in [2.24, 2.45) is 5.73 Å². The predicted octanol–water partition coefficient (Wildman–Crippen LogP) is 0.812. The summed E-state index contributed by atoms with van der Waals surface area (Å²) in [4.78, 5) is 2.23. The highest BCUT2D eigenvalue weighted by atomic mass is 16.5. The number of amidine groups is 1. The molecule has 3 N–H and O–H groups in total. The lowest BCUT2D eigenvalue weighted by molar-refractivity contribution is 0.0366. The molecule has 4 nitrogen and oxygen atoms in total. The van der Waals surface area contributed by atoms with Crippen LogP contribution in [-0.2, 0) is 4.74 Å². The van der Waals surface area contributed by atoms with Crippen LogP contribution >= 0.6 is 0 Å². The summed E-state index contributed by atoms with van der Waals surface area (Å²) in [7, 11) is 2.06. The number of hydrogen-bond acceptors (Lipinski definition) is 3. The average Bonchev–Trinajstić information content (AvgIpc) is 2.19. The third kappa shape index (κ3) is 2.69. The molecule has 14 heavy (non-hydrogen) atoms. The zero-order chi connectivity index (χ0) is 10.6. The van der Waals surface area contributed by atoms with E-state index in [9.17, 15) is 0 Å². The maximum atomic E-state index is 7.51. The van der Waals surface area contributed by atoms with Crippen LogP contribution in [0, 0.1) is 5.41 Å². The molecular formula is C10H21N3O. The van der Waals surface area contributed by atoms with Gasteiger partial charge in [0.05, 0.1) is 6.04 Å². The summed E-state index contributed by atoms with van der Waals surface area (Å²) in [6.07, 6.45) is 3.02. The van der Waals surface area contributed by atoms with Gasteiger partial charge in [-0.1, -0.05) is 6.92 Å². The van der Waals surface area contributed by atoms with Gasteiger partial charge in [0.15, 0.2) is 0 Å². The molecule has 82 valence electrons. The van der Waals surface area contributed by atoms with Gasteiger partial charge in [-0.15, -0.1) is 0 Å². The van der Waals surface area contributed by atoms with E-state index < -0.39 is 0 Å². The van der Waals surface area contributed by atoms with Crippen LogP contribution in [0.3, 0.4) is 0 Å². The molecular weight excluding hydrogens is 178 g/mol. The lowest BCUT2D eigenvalue weighted by Crippen LogP contribution is -2.48. The molecule has 0 saturated carbocycles. The average molecular weight is 199 g/mol. The van der Waals surface area contributed by atoms with Crippen LogP contribution in [0.1, 0.15) is 26.2 Å². The first-order valence-electron chi connectivity index (χ1n) is 5.30. The van der Waals surface area contributed by atoms with Gasteiger partial charge in [-0.2, -0.15) is 0 Å². The summed E-state index contributed by atoms with van der Waals surface area (Å²) in [6, 6.07) is 0.621. The first-order chi connectivity index (χ1) is 6.66. The minimum atomic E-state index is 0.0955. The van der Waals surface area contributed by atoms with Crippen LogP contribution < -0.4 is 5.73 Å². The third-order valence-electron chi connectivity index (χ3n) is 3.00. The summed E-state index contributed by atoms with van der Waals surface area (Å²) in [6.45, 7) is 3.74. The maximum absolute atomic E-state index is 7.51. The fourth-order valence-corrected chi connectivity index (χ4v) is 2.07. The van der Waals surface area contributed by atoms with E-state index in [2.05, 4.69) is 18.9 Å². The number of ether oxygens (including phenoxy) is 1. The van der Waals surface area contributed by atoms with E-state index in [0.29, 0.717) is 6.04 Å². The molecule has 0 aromatic heterocycles. The normalized spacial score (nSPS) is 21.1. The summed E-state index contributed by atoms with van der Waals surface area (Å²) in [5.74, 6) is 0.279. The fourth-order valence-electron chi connectivity index (χ4n) is 2.07. The van der Waals surface area contributed by atoms with Crippen LogP contribution in [-0.4, -0.2) is 43.1 Å². The molecule has 1 aliphatic heterocycles. The van der Waals surface area contributed by atoms with E-state index in [0.717, 1.165) is 32.5 Å². The van der Waals surface area contributed by atoms with Gasteiger partial charge in [0.25, 0.3) is 0 Å². The molecule has 1 heterocycles. The van der Waals surface area contributed by atoms with Crippen molar-refractivity contribution in [1.82, 2.24) is 4.90 Å². The summed E-state index contributed by atoms with van der Waals surface area (Å²) < 4.78 is 5.31. The second-order valence-corrected chi connectivity index (χ2v) is 3.89. The molecule has 0 bridgehead atoms. The zero-order valence-electron chi connectivity index (χ0n) is 9.12. The van der Waals surface area contributed by atoms with E-state index in [4.69, 9.17) is 15.9 Å². The Morgan fingerprint density at radius 3 is 2.57 bits per heavy atom. The molecule has 0 aromatic carbocycles. The molecule has 4 heteroatoms. The first kappa shape index (κ1) is 11.5. The molecule has 1 atom stereocenters. The minimum absolute atomic E-state index is 0.0955. The molecule has 1 fully saturated rings. The van der Waals surface area contributed by atoms with Crippen LogP contribution in [0.15, 0.2) is 0 Å². The van der Waals surface area contributed by atoms with Crippen molar-refractivity contribution in [3.8, 4) is 0 Å². The van der Waals surface area contributed by atoms with Crippen molar-refractivity contribution >= 4 is 5.84 Å². The number of rotatable bonds is 4.